The number of morpholine rings is 1. The minimum absolute atomic E-state index is 0.179. The highest BCUT2D eigenvalue weighted by molar-refractivity contribution is 7.88. The SMILES string of the molecule is NCC1CN(S(=O)(=O)Cc2noc3ccccc23)CCO1. The molecular formula is C13H17N3O4S. The Hall–Kier alpha value is -1.48. The molecular weight excluding hydrogens is 294 g/mol. The van der Waals surface area contributed by atoms with Crippen molar-refractivity contribution in [1.82, 2.24) is 9.46 Å². The predicted molar refractivity (Wildman–Crippen MR) is 77.0 cm³/mol. The van der Waals surface area contributed by atoms with E-state index in [1.54, 1.807) is 12.1 Å². The normalized spacial score (nSPS) is 20.9. The first kappa shape index (κ1) is 14.5. The van der Waals surface area contributed by atoms with Gasteiger partial charge in [0.05, 0.1) is 12.7 Å². The molecule has 0 aliphatic carbocycles. The third-order valence-electron chi connectivity index (χ3n) is 3.53. The lowest BCUT2D eigenvalue weighted by Gasteiger charge is -2.31. The van der Waals surface area contributed by atoms with Gasteiger partial charge >= 0.3 is 0 Å². The van der Waals surface area contributed by atoms with E-state index < -0.39 is 10.0 Å². The van der Waals surface area contributed by atoms with Gasteiger partial charge < -0.3 is 15.0 Å². The van der Waals surface area contributed by atoms with Crippen LogP contribution in [-0.4, -0.2) is 50.2 Å². The monoisotopic (exact) mass is 311 g/mol. The number of aromatic nitrogens is 1. The number of nitrogens with two attached hydrogens (primary N) is 1. The molecule has 7 nitrogen and oxygen atoms in total. The molecule has 1 aromatic heterocycles. The molecule has 2 N–H and O–H groups in total. The fourth-order valence-electron chi connectivity index (χ4n) is 2.39. The van der Waals surface area contributed by atoms with Gasteiger partial charge in [0.25, 0.3) is 0 Å². The van der Waals surface area contributed by atoms with Gasteiger partial charge in [-0.3, -0.25) is 0 Å². The lowest BCUT2D eigenvalue weighted by molar-refractivity contribution is 0.00445. The van der Waals surface area contributed by atoms with Crippen LogP contribution in [0.1, 0.15) is 5.69 Å². The number of hydrogen-bond acceptors (Lipinski definition) is 6. The van der Waals surface area contributed by atoms with E-state index in [1.165, 1.54) is 4.31 Å². The number of benzene rings is 1. The van der Waals surface area contributed by atoms with Crippen LogP contribution >= 0.6 is 0 Å². The average molecular weight is 311 g/mol. The Kier molecular flexibility index (Phi) is 3.94. The largest absolute Gasteiger partial charge is 0.374 e. The summed E-state index contributed by atoms with van der Waals surface area (Å²) >= 11 is 0. The van der Waals surface area contributed by atoms with Crippen molar-refractivity contribution in [1.29, 1.82) is 0 Å². The van der Waals surface area contributed by atoms with Crippen LogP contribution in [0.25, 0.3) is 11.0 Å². The van der Waals surface area contributed by atoms with E-state index in [0.717, 1.165) is 5.39 Å². The summed E-state index contributed by atoms with van der Waals surface area (Å²) in [4.78, 5) is 0. The molecule has 0 saturated carbocycles. The number of para-hydroxylation sites is 1. The smallest absolute Gasteiger partial charge is 0.220 e. The summed E-state index contributed by atoms with van der Waals surface area (Å²) in [7, 11) is -3.47. The molecule has 0 radical (unpaired) electrons. The van der Waals surface area contributed by atoms with Gasteiger partial charge in [-0.1, -0.05) is 17.3 Å². The van der Waals surface area contributed by atoms with Crippen molar-refractivity contribution in [3.8, 4) is 0 Å². The van der Waals surface area contributed by atoms with Gasteiger partial charge in [0.1, 0.15) is 11.4 Å². The lowest BCUT2D eigenvalue weighted by Crippen LogP contribution is -2.48. The molecule has 0 bridgehead atoms. The Morgan fingerprint density at radius 1 is 1.38 bits per heavy atom. The van der Waals surface area contributed by atoms with Crippen LogP contribution < -0.4 is 5.73 Å². The molecule has 1 fully saturated rings. The van der Waals surface area contributed by atoms with Crippen LogP contribution in [0.5, 0.6) is 0 Å². The summed E-state index contributed by atoms with van der Waals surface area (Å²) in [6, 6.07) is 7.21. The number of rotatable bonds is 4. The van der Waals surface area contributed by atoms with Gasteiger partial charge in [-0.25, -0.2) is 8.42 Å². The zero-order chi connectivity index (χ0) is 14.9. The van der Waals surface area contributed by atoms with Crippen molar-refractivity contribution in [3.05, 3.63) is 30.0 Å². The first-order valence-electron chi connectivity index (χ1n) is 6.73. The Labute approximate surface area is 122 Å². The molecule has 1 aromatic carbocycles. The minimum atomic E-state index is -3.47. The summed E-state index contributed by atoms with van der Waals surface area (Å²) in [5.74, 6) is -0.179. The Morgan fingerprint density at radius 3 is 3.00 bits per heavy atom. The van der Waals surface area contributed by atoms with Gasteiger partial charge in [0.2, 0.25) is 10.0 Å². The maximum atomic E-state index is 12.5. The van der Waals surface area contributed by atoms with Crippen molar-refractivity contribution in [2.24, 2.45) is 5.73 Å². The zero-order valence-corrected chi connectivity index (χ0v) is 12.3. The highest BCUT2D eigenvalue weighted by atomic mass is 32.2. The minimum Gasteiger partial charge on any atom is -0.374 e. The third kappa shape index (κ3) is 2.93. The number of nitrogens with zero attached hydrogens (tertiary/aromatic N) is 2. The summed E-state index contributed by atoms with van der Waals surface area (Å²) < 4.78 is 37.0. The third-order valence-corrected chi connectivity index (χ3v) is 5.29. The number of hydrogen-bond donors (Lipinski definition) is 1. The Morgan fingerprint density at radius 2 is 2.19 bits per heavy atom. The molecule has 0 amide bonds. The molecule has 2 heterocycles. The first-order chi connectivity index (χ1) is 10.1. The second-order valence-corrected chi connectivity index (χ2v) is 6.94. The molecule has 114 valence electrons. The van der Waals surface area contributed by atoms with Gasteiger partial charge in [-0.2, -0.15) is 4.31 Å². The fraction of sp³-hybridized carbons (Fsp3) is 0.462. The summed E-state index contributed by atoms with van der Waals surface area (Å²) in [5.41, 5.74) is 6.56. The van der Waals surface area contributed by atoms with E-state index in [1.807, 2.05) is 12.1 Å². The Balaban J connectivity index is 1.82. The first-order valence-corrected chi connectivity index (χ1v) is 8.34. The van der Waals surface area contributed by atoms with Crippen LogP contribution in [0.2, 0.25) is 0 Å². The van der Waals surface area contributed by atoms with Crippen LogP contribution in [0.4, 0.5) is 0 Å². The number of ether oxygens (including phenoxy) is 1. The average Bonchev–Trinajstić information content (AvgIpc) is 2.90. The van der Waals surface area contributed by atoms with Gasteiger partial charge in [-0.05, 0) is 12.1 Å². The molecule has 0 spiro atoms. The fourth-order valence-corrected chi connectivity index (χ4v) is 3.88. The predicted octanol–water partition coefficient (Wildman–Crippen LogP) is 0.317. The number of sulfonamides is 1. The molecule has 21 heavy (non-hydrogen) atoms. The molecule has 3 rings (SSSR count). The Bertz CT molecular complexity index is 728. The van der Waals surface area contributed by atoms with Crippen LogP contribution in [0.15, 0.2) is 28.8 Å². The van der Waals surface area contributed by atoms with Crippen molar-refractivity contribution in [2.75, 3.05) is 26.2 Å². The quantitative estimate of drug-likeness (QED) is 0.873. The van der Waals surface area contributed by atoms with Crippen molar-refractivity contribution in [3.63, 3.8) is 0 Å². The molecule has 1 saturated heterocycles. The van der Waals surface area contributed by atoms with Gasteiger partial charge in [0.15, 0.2) is 5.58 Å². The van der Waals surface area contributed by atoms with Gasteiger partial charge in [0, 0.05) is 25.0 Å². The van der Waals surface area contributed by atoms with E-state index in [0.29, 0.717) is 31.0 Å². The maximum absolute atomic E-state index is 12.5. The molecule has 1 atom stereocenters. The molecule has 2 aromatic rings. The summed E-state index contributed by atoms with van der Waals surface area (Å²) in [5, 5.41) is 4.60. The molecule has 1 aliphatic heterocycles. The van der Waals surface area contributed by atoms with Crippen molar-refractivity contribution < 1.29 is 17.7 Å². The highest BCUT2D eigenvalue weighted by Crippen LogP contribution is 2.21. The van der Waals surface area contributed by atoms with E-state index >= 15 is 0 Å². The maximum Gasteiger partial charge on any atom is 0.220 e. The standard InChI is InChI=1S/C13H17N3O4S/c14-7-10-8-16(5-6-19-10)21(17,18)9-12-11-3-1-2-4-13(11)20-15-12/h1-4,10H,5-9,14H2. The van der Waals surface area contributed by atoms with Gasteiger partial charge in [-0.15, -0.1) is 0 Å². The summed E-state index contributed by atoms with van der Waals surface area (Å²) in [6.45, 7) is 1.29. The lowest BCUT2D eigenvalue weighted by atomic mass is 10.2. The van der Waals surface area contributed by atoms with Crippen LogP contribution in [-0.2, 0) is 20.5 Å². The van der Waals surface area contributed by atoms with E-state index in [9.17, 15) is 8.42 Å². The molecule has 8 heteroatoms. The zero-order valence-electron chi connectivity index (χ0n) is 11.4. The van der Waals surface area contributed by atoms with E-state index in [-0.39, 0.29) is 18.4 Å². The van der Waals surface area contributed by atoms with Crippen LogP contribution in [0, 0.1) is 0 Å². The van der Waals surface area contributed by atoms with E-state index in [4.69, 9.17) is 15.0 Å². The van der Waals surface area contributed by atoms with E-state index in [2.05, 4.69) is 5.16 Å². The van der Waals surface area contributed by atoms with Crippen LogP contribution in [0.3, 0.4) is 0 Å². The summed E-state index contributed by atoms with van der Waals surface area (Å²) in [6.07, 6.45) is -0.248. The second kappa shape index (κ2) is 5.72. The topological polar surface area (TPSA) is 98.7 Å². The highest BCUT2D eigenvalue weighted by Gasteiger charge is 2.30. The van der Waals surface area contributed by atoms with Crippen molar-refractivity contribution in [2.45, 2.75) is 11.9 Å². The molecule has 1 unspecified atom stereocenters. The molecule has 1 aliphatic rings. The van der Waals surface area contributed by atoms with Crippen molar-refractivity contribution >= 4 is 21.0 Å². The second-order valence-electron chi connectivity index (χ2n) is 4.97. The number of fused-ring (bicyclic) bond motifs is 1.